The fraction of sp³-hybridized carbons (Fsp3) is 0.458. The molecule has 4 atom stereocenters. The van der Waals surface area contributed by atoms with Crippen LogP contribution in [0.15, 0.2) is 36.7 Å². The lowest BCUT2D eigenvalue weighted by Gasteiger charge is -2.40. The summed E-state index contributed by atoms with van der Waals surface area (Å²) in [7, 11) is 1.53. The van der Waals surface area contributed by atoms with Crippen molar-refractivity contribution in [2.24, 2.45) is 0 Å². The molecule has 3 aromatic rings. The number of fused-ring (bicyclic) bond motifs is 2. The van der Waals surface area contributed by atoms with Crippen molar-refractivity contribution in [3.63, 3.8) is 0 Å². The molecule has 10 heteroatoms. The second kappa shape index (κ2) is 8.43. The first kappa shape index (κ1) is 21.2. The molecule has 34 heavy (non-hydrogen) atoms. The Morgan fingerprint density at radius 2 is 1.94 bits per heavy atom. The Morgan fingerprint density at radius 3 is 2.68 bits per heavy atom. The number of aromatic hydroxyl groups is 1. The first-order valence-corrected chi connectivity index (χ1v) is 11.7. The fourth-order valence-corrected chi connectivity index (χ4v) is 5.22. The summed E-state index contributed by atoms with van der Waals surface area (Å²) in [4.78, 5) is 6.62. The monoisotopic (exact) mass is 463 g/mol. The van der Waals surface area contributed by atoms with Gasteiger partial charge >= 0.3 is 0 Å². The molecule has 0 spiro atoms. The predicted octanol–water partition coefficient (Wildman–Crippen LogP) is 2.91. The van der Waals surface area contributed by atoms with E-state index in [4.69, 9.17) is 4.74 Å². The van der Waals surface area contributed by atoms with Crippen LogP contribution in [0.3, 0.4) is 0 Å². The third kappa shape index (κ3) is 3.81. The van der Waals surface area contributed by atoms with Crippen molar-refractivity contribution < 1.29 is 14.2 Å². The fourth-order valence-electron chi connectivity index (χ4n) is 5.22. The number of nitrogens with zero attached hydrogens (tertiary/aromatic N) is 6. The molecule has 2 aliphatic heterocycles. The van der Waals surface area contributed by atoms with Crippen LogP contribution < -0.4 is 15.0 Å². The van der Waals surface area contributed by atoms with Gasteiger partial charge in [0.25, 0.3) is 0 Å². The van der Waals surface area contributed by atoms with E-state index in [-0.39, 0.29) is 23.9 Å². The zero-order valence-electron chi connectivity index (χ0n) is 18.8. The highest BCUT2D eigenvalue weighted by molar-refractivity contribution is 5.74. The molecule has 0 radical (unpaired) electrons. The molecule has 0 unspecified atom stereocenters. The Morgan fingerprint density at radius 1 is 1.06 bits per heavy atom. The van der Waals surface area contributed by atoms with Crippen LogP contribution >= 0.6 is 0 Å². The zero-order valence-corrected chi connectivity index (χ0v) is 18.8. The Balaban J connectivity index is 1.26. The number of anilines is 1. The van der Waals surface area contributed by atoms with Gasteiger partial charge in [0.05, 0.1) is 25.5 Å². The molecule has 1 aromatic carbocycles. The molecule has 2 saturated heterocycles. The third-order valence-corrected chi connectivity index (χ3v) is 7.08. The lowest BCUT2D eigenvalue weighted by atomic mass is 9.96. The average Bonchev–Trinajstić information content (AvgIpc) is 3.62. The van der Waals surface area contributed by atoms with Crippen LogP contribution in [0.2, 0.25) is 0 Å². The number of rotatable bonds is 6. The van der Waals surface area contributed by atoms with E-state index in [1.54, 1.807) is 30.6 Å². The number of phenols is 1. The normalized spacial score (nSPS) is 25.8. The van der Waals surface area contributed by atoms with E-state index in [1.807, 2.05) is 6.07 Å². The molecule has 2 aromatic heterocycles. The van der Waals surface area contributed by atoms with Crippen molar-refractivity contribution in [1.29, 1.82) is 0 Å². The van der Waals surface area contributed by atoms with Crippen LogP contribution in [0.4, 0.5) is 10.3 Å². The van der Waals surface area contributed by atoms with Gasteiger partial charge in [-0.2, -0.15) is 5.10 Å². The molecule has 1 saturated carbocycles. The largest absolute Gasteiger partial charge is 0.507 e. The first-order chi connectivity index (χ1) is 16.6. The van der Waals surface area contributed by atoms with E-state index in [9.17, 15) is 5.11 Å². The molecule has 3 aliphatic rings. The number of aromatic nitrogens is 5. The Kier molecular flexibility index (Phi) is 5.24. The minimum absolute atomic E-state index is 0.0509. The van der Waals surface area contributed by atoms with E-state index in [1.165, 1.54) is 7.11 Å². The minimum atomic E-state index is -0.944. The lowest BCUT2D eigenvalue weighted by molar-refractivity contribution is 0.171. The summed E-state index contributed by atoms with van der Waals surface area (Å²) in [6.07, 6.45) is 6.97. The summed E-state index contributed by atoms with van der Waals surface area (Å²) in [6, 6.07) is 7.33. The molecular formula is C24H26FN7O2. The van der Waals surface area contributed by atoms with Crippen LogP contribution in [0, 0.1) is 0 Å². The number of halogens is 1. The van der Waals surface area contributed by atoms with Gasteiger partial charge in [0.1, 0.15) is 17.6 Å². The number of hydrogen-bond donors (Lipinski definition) is 2. The summed E-state index contributed by atoms with van der Waals surface area (Å²) >= 11 is 0. The Bertz CT molecular complexity index is 1190. The van der Waals surface area contributed by atoms with Crippen LogP contribution in [0.1, 0.15) is 32.1 Å². The summed E-state index contributed by atoms with van der Waals surface area (Å²) in [5, 5.41) is 30.6. The van der Waals surface area contributed by atoms with Crippen molar-refractivity contribution in [3.8, 4) is 34.0 Å². The van der Waals surface area contributed by atoms with Crippen molar-refractivity contribution in [2.75, 3.05) is 12.0 Å². The molecule has 176 valence electrons. The van der Waals surface area contributed by atoms with Gasteiger partial charge in [0, 0.05) is 35.3 Å². The number of phenolic OH excluding ortho intramolecular Hbond substituents is 1. The van der Waals surface area contributed by atoms with E-state index >= 15 is 4.39 Å². The summed E-state index contributed by atoms with van der Waals surface area (Å²) < 4.78 is 20.4. The number of benzene rings is 1. The smallest absolute Gasteiger partial charge is 0.245 e. The summed E-state index contributed by atoms with van der Waals surface area (Å²) in [5.74, 6) is 0.908. The van der Waals surface area contributed by atoms with Gasteiger partial charge in [-0.15, -0.1) is 15.3 Å². The maximum Gasteiger partial charge on any atom is 0.245 e. The molecule has 3 fully saturated rings. The highest BCUT2D eigenvalue weighted by atomic mass is 19.1. The third-order valence-electron chi connectivity index (χ3n) is 7.08. The van der Waals surface area contributed by atoms with Gasteiger partial charge in [-0.3, -0.25) is 0 Å². The maximum atomic E-state index is 15.3. The van der Waals surface area contributed by atoms with Crippen molar-refractivity contribution in [3.05, 3.63) is 36.7 Å². The molecule has 1 aliphatic carbocycles. The number of methoxy groups -OCH3 is 1. The maximum absolute atomic E-state index is 15.3. The second-order valence-corrected chi connectivity index (χ2v) is 9.30. The lowest BCUT2D eigenvalue weighted by Crippen LogP contribution is -2.57. The molecule has 4 heterocycles. The number of alkyl halides is 1. The predicted molar refractivity (Wildman–Crippen MR) is 123 cm³/mol. The second-order valence-electron chi connectivity index (χ2n) is 9.30. The zero-order chi connectivity index (χ0) is 23.2. The highest BCUT2D eigenvalue weighted by Gasteiger charge is 2.48. The van der Waals surface area contributed by atoms with Gasteiger partial charge in [-0.25, -0.2) is 9.37 Å². The van der Waals surface area contributed by atoms with E-state index in [2.05, 4.69) is 35.6 Å². The molecule has 9 nitrogen and oxygen atoms in total. The molecule has 2 N–H and O–H groups in total. The molecule has 6 rings (SSSR count). The van der Waals surface area contributed by atoms with Gasteiger partial charge in [-0.1, -0.05) is 6.07 Å². The quantitative estimate of drug-likeness (QED) is 0.570. The number of nitrogens with one attached hydrogen (secondary N) is 1. The van der Waals surface area contributed by atoms with Crippen LogP contribution in [0.25, 0.3) is 22.4 Å². The number of hydrogen-bond acceptors (Lipinski definition) is 9. The van der Waals surface area contributed by atoms with Crippen molar-refractivity contribution in [2.45, 2.75) is 62.4 Å². The van der Waals surface area contributed by atoms with E-state index in [0.717, 1.165) is 43.2 Å². The topological polar surface area (TPSA) is 109 Å². The van der Waals surface area contributed by atoms with Crippen LogP contribution in [-0.4, -0.2) is 67.9 Å². The summed E-state index contributed by atoms with van der Waals surface area (Å²) in [5.41, 5.74) is 2.51. The van der Waals surface area contributed by atoms with Crippen LogP contribution in [0.5, 0.6) is 11.6 Å². The summed E-state index contributed by atoms with van der Waals surface area (Å²) in [6.45, 7) is 0. The Labute approximate surface area is 196 Å². The standard InChI is InChI=1S/C24H26FN7O2/c1-34-22-9-14(11-27-30-22)13-2-6-17(21(33)8-13)19-12-26-24(31-29-19)32(16-4-5-16)20-10-15-3-7-18(28-15)23(20)25/h2,6,8-9,11-12,15-16,18,20,23,28,33H,3-5,7,10H2,1H3/t15-,18-,20+,23-/m0/s1. The highest BCUT2D eigenvalue weighted by Crippen LogP contribution is 2.40. The number of piperidine rings is 1. The van der Waals surface area contributed by atoms with Gasteiger partial charge < -0.3 is 20.1 Å². The van der Waals surface area contributed by atoms with Crippen molar-refractivity contribution >= 4 is 5.95 Å². The molecule has 2 bridgehead atoms. The first-order valence-electron chi connectivity index (χ1n) is 11.7. The van der Waals surface area contributed by atoms with Crippen molar-refractivity contribution in [1.82, 2.24) is 30.7 Å². The minimum Gasteiger partial charge on any atom is -0.507 e. The molecular weight excluding hydrogens is 437 g/mol. The van der Waals surface area contributed by atoms with Gasteiger partial charge in [0.15, 0.2) is 0 Å². The van der Waals surface area contributed by atoms with Crippen LogP contribution in [-0.2, 0) is 0 Å². The number of ether oxygens (including phenoxy) is 1. The van der Waals surface area contributed by atoms with Gasteiger partial charge in [0.2, 0.25) is 11.8 Å². The Hall–Kier alpha value is -3.40. The molecule has 0 amide bonds. The van der Waals surface area contributed by atoms with E-state index < -0.39 is 6.17 Å². The SMILES string of the molecule is COc1cc(-c2ccc(-c3cnc(N(C4CC4)[C@@H]4C[C@@H]5CC[C@H](N5)[C@@H]4F)nn3)c(O)c2)cnn1. The van der Waals surface area contributed by atoms with Gasteiger partial charge in [-0.05, 0) is 49.8 Å². The van der Waals surface area contributed by atoms with E-state index in [0.29, 0.717) is 29.1 Å². The average molecular weight is 464 g/mol.